The van der Waals surface area contributed by atoms with Crippen molar-refractivity contribution in [2.24, 2.45) is 5.92 Å². The monoisotopic (exact) mass is 427 g/mol. The molecule has 0 aliphatic carbocycles. The van der Waals surface area contributed by atoms with Gasteiger partial charge in [-0.3, -0.25) is 0 Å². The maximum absolute atomic E-state index is 13.6. The zero-order valence-electron chi connectivity index (χ0n) is 17.9. The molecule has 4 rings (SSSR count). The van der Waals surface area contributed by atoms with E-state index >= 15 is 0 Å². The Balaban J connectivity index is 1.45. The van der Waals surface area contributed by atoms with Gasteiger partial charge in [-0.05, 0) is 38.0 Å². The van der Waals surface area contributed by atoms with Gasteiger partial charge in [0.25, 0.3) is 0 Å². The predicted octanol–water partition coefficient (Wildman–Crippen LogP) is 3.76. The highest BCUT2D eigenvalue weighted by Crippen LogP contribution is 2.33. The molecule has 0 bridgehead atoms. The van der Waals surface area contributed by atoms with Crippen LogP contribution in [0.5, 0.6) is 0 Å². The standard InChI is InChI=1S/C22H26FN5O3/c1-12(2)18(19-13(3)16-7-14(23)5-6-17(16)31-19)27-21(29)26-15-8-24-20(25-9-15)28-10-22(4,30)11-28/h5-9,12,18,30H,10-11H2,1-4H3,(H2,26,27,29). The Hall–Kier alpha value is -3.20. The number of hydrogen-bond acceptors (Lipinski definition) is 6. The summed E-state index contributed by atoms with van der Waals surface area (Å²) in [5.74, 6) is 0.803. The van der Waals surface area contributed by atoms with Crippen LogP contribution in [-0.4, -0.2) is 39.8 Å². The maximum atomic E-state index is 13.6. The molecule has 1 aliphatic heterocycles. The lowest BCUT2D eigenvalue weighted by Gasteiger charge is -2.44. The van der Waals surface area contributed by atoms with Gasteiger partial charge in [-0.15, -0.1) is 0 Å². The second kappa shape index (κ2) is 7.81. The number of hydrogen-bond donors (Lipinski definition) is 3. The molecule has 2 aromatic heterocycles. The first kappa shape index (κ1) is 21.0. The Labute approximate surface area is 179 Å². The first-order valence-electron chi connectivity index (χ1n) is 10.2. The molecule has 31 heavy (non-hydrogen) atoms. The van der Waals surface area contributed by atoms with E-state index in [0.717, 1.165) is 5.56 Å². The van der Waals surface area contributed by atoms with Gasteiger partial charge in [0.05, 0.1) is 42.8 Å². The molecule has 1 unspecified atom stereocenters. The van der Waals surface area contributed by atoms with Crippen LogP contribution < -0.4 is 15.5 Å². The second-order valence-electron chi connectivity index (χ2n) is 8.68. The van der Waals surface area contributed by atoms with Gasteiger partial charge in [0.2, 0.25) is 5.95 Å². The number of aryl methyl sites for hydroxylation is 1. The maximum Gasteiger partial charge on any atom is 0.319 e. The number of β-amino-alcohol motifs (C(OH)–C–C–N with tert-alkyl or cyclic N) is 1. The highest BCUT2D eigenvalue weighted by molar-refractivity contribution is 5.89. The van der Waals surface area contributed by atoms with Crippen LogP contribution in [-0.2, 0) is 0 Å². The van der Waals surface area contributed by atoms with Crippen molar-refractivity contribution in [3.8, 4) is 0 Å². The number of aliphatic hydroxyl groups is 1. The Bertz CT molecular complexity index is 1100. The fourth-order valence-corrected chi connectivity index (χ4v) is 3.82. The zero-order chi connectivity index (χ0) is 22.3. The number of amides is 2. The molecule has 0 spiro atoms. The van der Waals surface area contributed by atoms with Crippen LogP contribution in [0.15, 0.2) is 35.0 Å². The molecular formula is C22H26FN5O3. The number of carbonyl (C=O) groups excluding carboxylic acids is 1. The summed E-state index contributed by atoms with van der Waals surface area (Å²) in [4.78, 5) is 23.0. The summed E-state index contributed by atoms with van der Waals surface area (Å²) >= 11 is 0. The minimum atomic E-state index is -0.716. The van der Waals surface area contributed by atoms with E-state index in [0.29, 0.717) is 41.5 Å². The average molecular weight is 427 g/mol. The van der Waals surface area contributed by atoms with E-state index in [2.05, 4.69) is 20.6 Å². The molecule has 8 nitrogen and oxygen atoms in total. The Morgan fingerprint density at radius 1 is 1.29 bits per heavy atom. The van der Waals surface area contributed by atoms with Crippen LogP contribution in [0.2, 0.25) is 0 Å². The number of nitrogens with one attached hydrogen (secondary N) is 2. The predicted molar refractivity (Wildman–Crippen MR) is 116 cm³/mol. The summed E-state index contributed by atoms with van der Waals surface area (Å²) in [6, 6.07) is 3.55. The summed E-state index contributed by atoms with van der Waals surface area (Å²) in [5.41, 5.74) is 1.11. The molecule has 1 atom stereocenters. The second-order valence-corrected chi connectivity index (χ2v) is 8.68. The van der Waals surface area contributed by atoms with E-state index in [-0.39, 0.29) is 11.7 Å². The van der Waals surface area contributed by atoms with Crippen LogP contribution in [0.1, 0.15) is 38.1 Å². The van der Waals surface area contributed by atoms with Crippen molar-refractivity contribution in [3.63, 3.8) is 0 Å². The van der Waals surface area contributed by atoms with Gasteiger partial charge in [0.15, 0.2) is 0 Å². The highest BCUT2D eigenvalue weighted by Gasteiger charge is 2.37. The van der Waals surface area contributed by atoms with Gasteiger partial charge in [0.1, 0.15) is 17.2 Å². The molecule has 1 aromatic carbocycles. The van der Waals surface area contributed by atoms with E-state index < -0.39 is 17.7 Å². The van der Waals surface area contributed by atoms with Crippen molar-refractivity contribution >= 4 is 28.6 Å². The molecule has 1 aliphatic rings. The van der Waals surface area contributed by atoms with Crippen LogP contribution >= 0.6 is 0 Å². The minimum Gasteiger partial charge on any atom is -0.459 e. The topological polar surface area (TPSA) is 104 Å². The van der Waals surface area contributed by atoms with Crippen molar-refractivity contribution in [1.29, 1.82) is 0 Å². The molecule has 0 saturated carbocycles. The largest absolute Gasteiger partial charge is 0.459 e. The lowest BCUT2D eigenvalue weighted by atomic mass is 9.98. The van der Waals surface area contributed by atoms with E-state index in [4.69, 9.17) is 4.42 Å². The first-order valence-corrected chi connectivity index (χ1v) is 10.2. The van der Waals surface area contributed by atoms with Gasteiger partial charge in [-0.25, -0.2) is 19.2 Å². The number of anilines is 2. The highest BCUT2D eigenvalue weighted by atomic mass is 19.1. The third-order valence-corrected chi connectivity index (χ3v) is 5.41. The van der Waals surface area contributed by atoms with Crippen molar-refractivity contribution in [3.05, 3.63) is 47.7 Å². The number of halogens is 1. The molecule has 0 radical (unpaired) electrons. The third kappa shape index (κ3) is 4.32. The average Bonchev–Trinajstić information content (AvgIpc) is 3.00. The van der Waals surface area contributed by atoms with E-state index in [1.165, 1.54) is 24.5 Å². The Kier molecular flexibility index (Phi) is 5.30. The zero-order valence-corrected chi connectivity index (χ0v) is 17.9. The molecular weight excluding hydrogens is 401 g/mol. The summed E-state index contributed by atoms with van der Waals surface area (Å²) in [7, 11) is 0. The van der Waals surface area contributed by atoms with Crippen molar-refractivity contribution in [1.82, 2.24) is 15.3 Å². The summed E-state index contributed by atoms with van der Waals surface area (Å²) in [5, 5.41) is 16.2. The minimum absolute atomic E-state index is 0.0349. The van der Waals surface area contributed by atoms with E-state index in [9.17, 15) is 14.3 Å². The van der Waals surface area contributed by atoms with Crippen LogP contribution in [0.4, 0.5) is 20.8 Å². The van der Waals surface area contributed by atoms with Crippen molar-refractivity contribution in [2.75, 3.05) is 23.3 Å². The number of aromatic nitrogens is 2. The van der Waals surface area contributed by atoms with Crippen LogP contribution in [0.3, 0.4) is 0 Å². The van der Waals surface area contributed by atoms with Crippen molar-refractivity contribution < 1.29 is 18.7 Å². The summed E-state index contributed by atoms with van der Waals surface area (Å²) in [6.07, 6.45) is 3.04. The number of urea groups is 1. The van der Waals surface area contributed by atoms with Gasteiger partial charge in [-0.1, -0.05) is 13.8 Å². The summed E-state index contributed by atoms with van der Waals surface area (Å²) in [6.45, 7) is 8.49. The number of fused-ring (bicyclic) bond motifs is 1. The summed E-state index contributed by atoms with van der Waals surface area (Å²) < 4.78 is 19.6. The van der Waals surface area contributed by atoms with Gasteiger partial charge in [0, 0.05) is 10.9 Å². The number of nitrogens with zero attached hydrogens (tertiary/aromatic N) is 3. The molecule has 9 heteroatoms. The van der Waals surface area contributed by atoms with E-state index in [1.807, 2.05) is 25.7 Å². The molecule has 3 heterocycles. The fourth-order valence-electron chi connectivity index (χ4n) is 3.82. The first-order chi connectivity index (χ1) is 14.6. The molecule has 3 N–H and O–H groups in total. The quantitative estimate of drug-likeness (QED) is 0.573. The van der Waals surface area contributed by atoms with Crippen molar-refractivity contribution in [2.45, 2.75) is 39.3 Å². The number of carbonyl (C=O) groups is 1. The lowest BCUT2D eigenvalue weighted by Crippen LogP contribution is -2.60. The molecule has 3 aromatic rings. The third-order valence-electron chi connectivity index (χ3n) is 5.41. The Morgan fingerprint density at radius 2 is 1.97 bits per heavy atom. The smallest absolute Gasteiger partial charge is 0.319 e. The van der Waals surface area contributed by atoms with E-state index in [1.54, 1.807) is 13.0 Å². The fraction of sp³-hybridized carbons (Fsp3) is 0.409. The van der Waals surface area contributed by atoms with Gasteiger partial charge >= 0.3 is 6.03 Å². The van der Waals surface area contributed by atoms with Crippen LogP contribution in [0.25, 0.3) is 11.0 Å². The van der Waals surface area contributed by atoms with Gasteiger partial charge in [-0.2, -0.15) is 0 Å². The molecule has 2 amide bonds. The molecule has 1 saturated heterocycles. The number of benzene rings is 1. The Morgan fingerprint density at radius 3 is 2.58 bits per heavy atom. The van der Waals surface area contributed by atoms with Gasteiger partial charge < -0.3 is 25.1 Å². The number of furan rings is 1. The normalized spacial score (nSPS) is 16.3. The lowest BCUT2D eigenvalue weighted by molar-refractivity contribution is 0.0300. The number of rotatable bonds is 5. The SMILES string of the molecule is Cc1c(C(NC(=O)Nc2cnc(N3CC(C)(O)C3)nc2)C(C)C)oc2ccc(F)cc12. The van der Waals surface area contributed by atoms with Crippen LogP contribution in [0, 0.1) is 18.7 Å². The molecule has 164 valence electrons. The molecule has 1 fully saturated rings.